The first-order chi connectivity index (χ1) is 9.65. The minimum Gasteiger partial charge on any atom is -0.497 e. The molecule has 110 valence electrons. The van der Waals surface area contributed by atoms with Crippen molar-refractivity contribution in [1.82, 2.24) is 4.90 Å². The average molecular weight is 318 g/mol. The van der Waals surface area contributed by atoms with Crippen LogP contribution in [0.3, 0.4) is 0 Å². The van der Waals surface area contributed by atoms with Gasteiger partial charge in [0, 0.05) is 30.6 Å². The smallest absolute Gasteiger partial charge is 0.344 e. The number of esters is 1. The van der Waals surface area contributed by atoms with E-state index in [4.69, 9.17) is 32.7 Å². The van der Waals surface area contributed by atoms with Crippen molar-refractivity contribution in [3.8, 4) is 11.5 Å². The highest BCUT2D eigenvalue weighted by molar-refractivity contribution is 6.29. The summed E-state index contributed by atoms with van der Waals surface area (Å²) in [7, 11) is 1.57. The lowest BCUT2D eigenvalue weighted by molar-refractivity contribution is -0.136. The van der Waals surface area contributed by atoms with E-state index in [1.165, 1.54) is 0 Å². The van der Waals surface area contributed by atoms with Gasteiger partial charge in [-0.15, -0.1) is 11.6 Å². The molecule has 1 aliphatic rings. The second kappa shape index (κ2) is 7.16. The summed E-state index contributed by atoms with van der Waals surface area (Å²) in [6.45, 7) is 1.28. The predicted molar refractivity (Wildman–Crippen MR) is 78.6 cm³/mol. The number of hydrogen-bond acceptors (Lipinski definition) is 4. The van der Waals surface area contributed by atoms with Crippen LogP contribution in [0.1, 0.15) is 18.4 Å². The SMILES string of the molecule is COc1ccc2c(c1)OC(=O)C(Cl)N(CCCCCl)C2. The van der Waals surface area contributed by atoms with Crippen molar-refractivity contribution in [3.05, 3.63) is 23.8 Å². The maximum atomic E-state index is 12.0. The number of carbonyl (C=O) groups excluding carboxylic acids is 1. The highest BCUT2D eigenvalue weighted by Crippen LogP contribution is 2.30. The zero-order chi connectivity index (χ0) is 14.5. The molecule has 0 amide bonds. The van der Waals surface area contributed by atoms with Crippen molar-refractivity contribution in [2.24, 2.45) is 0 Å². The van der Waals surface area contributed by atoms with Crippen molar-refractivity contribution in [2.75, 3.05) is 19.5 Å². The number of methoxy groups -OCH3 is 1. The van der Waals surface area contributed by atoms with Crippen molar-refractivity contribution in [2.45, 2.75) is 24.9 Å². The van der Waals surface area contributed by atoms with Crippen LogP contribution in [-0.4, -0.2) is 35.9 Å². The van der Waals surface area contributed by atoms with E-state index in [0.717, 1.165) is 18.4 Å². The van der Waals surface area contributed by atoms with Gasteiger partial charge in [0.25, 0.3) is 0 Å². The van der Waals surface area contributed by atoms with Gasteiger partial charge in [0.15, 0.2) is 5.50 Å². The Morgan fingerprint density at radius 1 is 1.45 bits per heavy atom. The zero-order valence-corrected chi connectivity index (χ0v) is 12.8. The van der Waals surface area contributed by atoms with Gasteiger partial charge in [-0.2, -0.15) is 0 Å². The summed E-state index contributed by atoms with van der Waals surface area (Å²) < 4.78 is 10.5. The van der Waals surface area contributed by atoms with Crippen LogP contribution >= 0.6 is 23.2 Å². The molecule has 0 fully saturated rings. The molecular weight excluding hydrogens is 301 g/mol. The third-order valence-corrected chi connectivity index (χ3v) is 3.92. The Morgan fingerprint density at radius 3 is 2.95 bits per heavy atom. The summed E-state index contributed by atoms with van der Waals surface area (Å²) in [5.41, 5.74) is 0.150. The molecule has 1 aromatic carbocycles. The van der Waals surface area contributed by atoms with Crippen molar-refractivity contribution in [3.63, 3.8) is 0 Å². The molecule has 0 aliphatic carbocycles. The summed E-state index contributed by atoms with van der Waals surface area (Å²) >= 11 is 11.8. The Balaban J connectivity index is 2.18. The highest BCUT2D eigenvalue weighted by atomic mass is 35.5. The van der Waals surface area contributed by atoms with Gasteiger partial charge in [0.2, 0.25) is 0 Å². The fourth-order valence-electron chi connectivity index (χ4n) is 2.09. The summed E-state index contributed by atoms with van der Waals surface area (Å²) in [6.07, 6.45) is 1.79. The number of halogens is 2. The Bertz CT molecular complexity index is 481. The van der Waals surface area contributed by atoms with Crippen LogP contribution in [0.15, 0.2) is 18.2 Å². The quantitative estimate of drug-likeness (QED) is 0.275. The van der Waals surface area contributed by atoms with Crippen LogP contribution in [0.2, 0.25) is 0 Å². The Kier molecular flexibility index (Phi) is 5.52. The molecule has 0 spiro atoms. The molecule has 0 radical (unpaired) electrons. The average Bonchev–Trinajstić information content (AvgIpc) is 2.57. The molecule has 0 aromatic heterocycles. The number of rotatable bonds is 5. The molecule has 0 N–H and O–H groups in total. The summed E-state index contributed by atoms with van der Waals surface area (Å²) in [4.78, 5) is 13.9. The molecule has 4 nitrogen and oxygen atoms in total. The van der Waals surface area contributed by atoms with Gasteiger partial charge in [-0.25, -0.2) is 4.79 Å². The van der Waals surface area contributed by atoms with Gasteiger partial charge in [0.05, 0.1) is 7.11 Å². The maximum Gasteiger partial charge on any atom is 0.344 e. The third-order valence-electron chi connectivity index (χ3n) is 3.20. The fraction of sp³-hybridized carbons (Fsp3) is 0.500. The first-order valence-electron chi connectivity index (χ1n) is 6.48. The molecular formula is C14H17Cl2NO3. The van der Waals surface area contributed by atoms with Crippen LogP contribution in [0.5, 0.6) is 11.5 Å². The predicted octanol–water partition coefficient (Wildman–Crippen LogP) is 3.00. The molecule has 1 heterocycles. The van der Waals surface area contributed by atoms with Gasteiger partial charge in [-0.05, 0) is 18.9 Å². The number of ether oxygens (including phenoxy) is 2. The van der Waals surface area contributed by atoms with E-state index in [1.54, 1.807) is 13.2 Å². The topological polar surface area (TPSA) is 38.8 Å². The molecule has 0 bridgehead atoms. The Labute approximate surface area is 128 Å². The Hall–Kier alpha value is -0.970. The second-order valence-electron chi connectivity index (χ2n) is 4.60. The largest absolute Gasteiger partial charge is 0.497 e. The number of nitrogens with zero attached hydrogens (tertiary/aromatic N) is 1. The summed E-state index contributed by atoms with van der Waals surface area (Å²) in [5, 5.41) is 0. The number of hydrogen-bond donors (Lipinski definition) is 0. The first kappa shape index (κ1) is 15.4. The number of benzene rings is 1. The third kappa shape index (κ3) is 3.57. The van der Waals surface area contributed by atoms with E-state index in [0.29, 0.717) is 30.5 Å². The molecule has 1 atom stereocenters. The lowest BCUT2D eigenvalue weighted by atomic mass is 10.1. The van der Waals surface area contributed by atoms with Crippen molar-refractivity contribution >= 4 is 29.2 Å². The summed E-state index contributed by atoms with van der Waals surface area (Å²) in [5.74, 6) is 1.32. The van der Waals surface area contributed by atoms with E-state index < -0.39 is 11.5 Å². The molecule has 2 rings (SSSR count). The van der Waals surface area contributed by atoms with Gasteiger partial charge in [-0.3, -0.25) is 4.90 Å². The number of fused-ring (bicyclic) bond motifs is 1. The molecule has 1 aromatic rings. The van der Waals surface area contributed by atoms with E-state index in [-0.39, 0.29) is 0 Å². The molecule has 1 unspecified atom stereocenters. The van der Waals surface area contributed by atoms with Crippen LogP contribution < -0.4 is 9.47 Å². The molecule has 1 aliphatic heterocycles. The highest BCUT2D eigenvalue weighted by Gasteiger charge is 2.30. The lowest BCUT2D eigenvalue weighted by Crippen LogP contribution is -2.37. The Morgan fingerprint density at radius 2 is 2.25 bits per heavy atom. The number of alkyl halides is 2. The van der Waals surface area contributed by atoms with Crippen molar-refractivity contribution in [1.29, 1.82) is 0 Å². The monoisotopic (exact) mass is 317 g/mol. The molecule has 20 heavy (non-hydrogen) atoms. The van der Waals surface area contributed by atoms with Gasteiger partial charge in [-0.1, -0.05) is 17.7 Å². The minimum absolute atomic E-state index is 0.454. The van der Waals surface area contributed by atoms with Crippen molar-refractivity contribution < 1.29 is 14.3 Å². The van der Waals surface area contributed by atoms with Crippen LogP contribution in [0.4, 0.5) is 0 Å². The fourth-order valence-corrected chi connectivity index (χ4v) is 2.49. The second-order valence-corrected chi connectivity index (χ2v) is 5.39. The number of unbranched alkanes of at least 4 members (excludes halogenated alkanes) is 1. The minimum atomic E-state index is -0.774. The maximum absolute atomic E-state index is 12.0. The van der Waals surface area contributed by atoms with E-state index in [9.17, 15) is 4.79 Å². The van der Waals surface area contributed by atoms with E-state index in [2.05, 4.69) is 0 Å². The lowest BCUT2D eigenvalue weighted by Gasteiger charge is -2.22. The number of carbonyl (C=O) groups is 1. The zero-order valence-electron chi connectivity index (χ0n) is 11.3. The van der Waals surface area contributed by atoms with Gasteiger partial charge in [0.1, 0.15) is 11.5 Å². The van der Waals surface area contributed by atoms with Crippen LogP contribution in [-0.2, 0) is 11.3 Å². The van der Waals surface area contributed by atoms with Crippen LogP contribution in [0.25, 0.3) is 0 Å². The van der Waals surface area contributed by atoms with Gasteiger partial charge < -0.3 is 9.47 Å². The molecule has 6 heteroatoms. The van der Waals surface area contributed by atoms with E-state index >= 15 is 0 Å². The standard InChI is InChI=1S/C14H17Cl2NO3/c1-19-11-5-4-10-9-17(7-3-2-6-15)13(16)14(18)20-12(10)8-11/h4-5,8,13H,2-3,6-7,9H2,1H3. The van der Waals surface area contributed by atoms with E-state index in [1.807, 2.05) is 17.0 Å². The molecule has 0 saturated heterocycles. The molecule has 0 saturated carbocycles. The van der Waals surface area contributed by atoms with Gasteiger partial charge >= 0.3 is 5.97 Å². The van der Waals surface area contributed by atoms with Crippen LogP contribution in [0, 0.1) is 0 Å². The normalized spacial score (nSPS) is 19.1. The first-order valence-corrected chi connectivity index (χ1v) is 7.45. The summed E-state index contributed by atoms with van der Waals surface area (Å²) in [6, 6.07) is 5.45.